The van der Waals surface area contributed by atoms with Gasteiger partial charge in [-0.2, -0.15) is 0 Å². The summed E-state index contributed by atoms with van der Waals surface area (Å²) in [6.07, 6.45) is 0. The number of carbonyl (C=O) groups is 1. The van der Waals surface area contributed by atoms with E-state index in [2.05, 4.69) is 21.2 Å². The lowest BCUT2D eigenvalue weighted by atomic mass is 10.1. The highest BCUT2D eigenvalue weighted by atomic mass is 79.9. The molecule has 0 radical (unpaired) electrons. The van der Waals surface area contributed by atoms with E-state index in [1.807, 2.05) is 25.1 Å². The molecule has 2 rings (SSSR count). The van der Waals surface area contributed by atoms with Crippen LogP contribution in [0.2, 0.25) is 0 Å². The summed E-state index contributed by atoms with van der Waals surface area (Å²) in [5, 5.41) is 2.89. The zero-order chi connectivity index (χ0) is 13.8. The molecule has 0 fully saturated rings. The topological polar surface area (TPSA) is 38.3 Å². The van der Waals surface area contributed by atoms with Crippen LogP contribution in [-0.4, -0.2) is 13.0 Å². The molecular weight excluding hydrogens is 306 g/mol. The predicted molar refractivity (Wildman–Crippen MR) is 79.8 cm³/mol. The number of aryl methyl sites for hydroxylation is 1. The van der Waals surface area contributed by atoms with Gasteiger partial charge in [0.2, 0.25) is 0 Å². The van der Waals surface area contributed by atoms with Gasteiger partial charge in [0.05, 0.1) is 7.11 Å². The highest BCUT2D eigenvalue weighted by Crippen LogP contribution is 2.22. The van der Waals surface area contributed by atoms with E-state index in [0.29, 0.717) is 11.3 Å². The highest BCUT2D eigenvalue weighted by molar-refractivity contribution is 9.10. The largest absolute Gasteiger partial charge is 0.497 e. The second-order valence-electron chi connectivity index (χ2n) is 4.15. The molecule has 0 aliphatic carbocycles. The van der Waals surface area contributed by atoms with Crippen LogP contribution in [0, 0.1) is 6.92 Å². The third kappa shape index (κ3) is 3.35. The molecule has 0 saturated heterocycles. The summed E-state index contributed by atoms with van der Waals surface area (Å²) in [4.78, 5) is 12.2. The molecule has 2 aromatic carbocycles. The number of ether oxygens (including phenoxy) is 1. The molecule has 1 N–H and O–H groups in total. The van der Waals surface area contributed by atoms with Crippen LogP contribution in [0.3, 0.4) is 0 Å². The summed E-state index contributed by atoms with van der Waals surface area (Å²) < 4.78 is 6.04. The monoisotopic (exact) mass is 319 g/mol. The third-order valence-corrected chi connectivity index (χ3v) is 3.27. The molecule has 4 heteroatoms. The zero-order valence-electron chi connectivity index (χ0n) is 10.7. The van der Waals surface area contributed by atoms with Gasteiger partial charge in [0.25, 0.3) is 5.91 Å². The van der Waals surface area contributed by atoms with Crippen LogP contribution in [0.5, 0.6) is 5.75 Å². The number of hydrogen-bond donors (Lipinski definition) is 1. The van der Waals surface area contributed by atoms with Crippen molar-refractivity contribution < 1.29 is 9.53 Å². The van der Waals surface area contributed by atoms with E-state index in [1.54, 1.807) is 31.4 Å². The van der Waals surface area contributed by atoms with Crippen LogP contribution < -0.4 is 10.1 Å². The Morgan fingerprint density at radius 3 is 2.74 bits per heavy atom. The lowest BCUT2D eigenvalue weighted by Crippen LogP contribution is -2.12. The van der Waals surface area contributed by atoms with Crippen molar-refractivity contribution in [2.75, 3.05) is 12.4 Å². The molecule has 0 aromatic heterocycles. The van der Waals surface area contributed by atoms with Crippen LogP contribution in [-0.2, 0) is 0 Å². The van der Waals surface area contributed by atoms with Crippen LogP contribution in [0.4, 0.5) is 5.69 Å². The number of methoxy groups -OCH3 is 1. The molecule has 3 nitrogen and oxygen atoms in total. The summed E-state index contributed by atoms with van der Waals surface area (Å²) in [6, 6.07) is 12.8. The highest BCUT2D eigenvalue weighted by Gasteiger charge is 2.08. The Bertz CT molecular complexity index is 611. The minimum Gasteiger partial charge on any atom is -0.497 e. The Morgan fingerprint density at radius 1 is 1.21 bits per heavy atom. The first-order chi connectivity index (χ1) is 9.10. The number of carbonyl (C=O) groups excluding carboxylic acids is 1. The molecule has 0 bridgehead atoms. The maximum absolute atomic E-state index is 12.2. The van der Waals surface area contributed by atoms with Gasteiger partial charge in [-0.15, -0.1) is 0 Å². The van der Waals surface area contributed by atoms with Crippen LogP contribution >= 0.6 is 15.9 Å². The normalized spacial score (nSPS) is 10.1. The van der Waals surface area contributed by atoms with Gasteiger partial charge in [-0.05, 0) is 42.8 Å². The Morgan fingerprint density at radius 2 is 2.00 bits per heavy atom. The summed E-state index contributed by atoms with van der Waals surface area (Å²) in [5.41, 5.74) is 2.38. The number of nitrogens with one attached hydrogen (secondary N) is 1. The molecule has 19 heavy (non-hydrogen) atoms. The van der Waals surface area contributed by atoms with Gasteiger partial charge < -0.3 is 10.1 Å². The van der Waals surface area contributed by atoms with Gasteiger partial charge in [-0.3, -0.25) is 4.79 Å². The maximum atomic E-state index is 12.2. The lowest BCUT2D eigenvalue weighted by molar-refractivity contribution is 0.102. The Labute approximate surface area is 120 Å². The number of hydrogen-bond acceptors (Lipinski definition) is 2. The number of rotatable bonds is 3. The quantitative estimate of drug-likeness (QED) is 0.928. The van der Waals surface area contributed by atoms with Crippen molar-refractivity contribution in [2.24, 2.45) is 0 Å². The second-order valence-corrected chi connectivity index (χ2v) is 5.06. The fourth-order valence-electron chi connectivity index (χ4n) is 1.69. The van der Waals surface area contributed by atoms with Crippen LogP contribution in [0.1, 0.15) is 15.9 Å². The maximum Gasteiger partial charge on any atom is 0.255 e. The summed E-state index contributed by atoms with van der Waals surface area (Å²) in [7, 11) is 1.58. The van der Waals surface area contributed by atoms with Gasteiger partial charge in [0.1, 0.15) is 5.75 Å². The number of amides is 1. The zero-order valence-corrected chi connectivity index (χ0v) is 12.3. The molecule has 0 unspecified atom stereocenters. The molecule has 0 aliphatic heterocycles. The fraction of sp³-hybridized carbons (Fsp3) is 0.133. The van der Waals surface area contributed by atoms with E-state index in [9.17, 15) is 4.79 Å². The fourth-order valence-corrected chi connectivity index (χ4v) is 2.05. The Balaban J connectivity index is 2.22. The van der Waals surface area contributed by atoms with Gasteiger partial charge in [0, 0.05) is 15.7 Å². The number of halogens is 1. The molecule has 0 aliphatic rings. The minimum absolute atomic E-state index is 0.153. The van der Waals surface area contributed by atoms with Crippen molar-refractivity contribution in [3.8, 4) is 5.75 Å². The standard InChI is InChI=1S/C15H14BrNO2/c1-10-6-7-12(16)9-14(10)17-15(18)11-4-3-5-13(8-11)19-2/h3-9H,1-2H3,(H,17,18). The van der Waals surface area contributed by atoms with Crippen LogP contribution in [0.15, 0.2) is 46.9 Å². The van der Waals surface area contributed by atoms with Crippen LogP contribution in [0.25, 0.3) is 0 Å². The van der Waals surface area contributed by atoms with E-state index < -0.39 is 0 Å². The van der Waals surface area contributed by atoms with E-state index in [0.717, 1.165) is 15.7 Å². The third-order valence-electron chi connectivity index (χ3n) is 2.78. The molecule has 2 aromatic rings. The molecule has 98 valence electrons. The molecule has 0 atom stereocenters. The van der Waals surface area contributed by atoms with Gasteiger partial charge >= 0.3 is 0 Å². The molecule has 0 heterocycles. The van der Waals surface area contributed by atoms with Crippen molar-refractivity contribution in [3.63, 3.8) is 0 Å². The summed E-state index contributed by atoms with van der Waals surface area (Å²) in [5.74, 6) is 0.513. The van der Waals surface area contributed by atoms with Crippen molar-refractivity contribution in [1.82, 2.24) is 0 Å². The first-order valence-corrected chi connectivity index (χ1v) is 6.61. The van der Waals surface area contributed by atoms with Crippen molar-refractivity contribution in [3.05, 3.63) is 58.1 Å². The lowest BCUT2D eigenvalue weighted by Gasteiger charge is -2.09. The van der Waals surface area contributed by atoms with Crippen molar-refractivity contribution in [2.45, 2.75) is 6.92 Å². The number of anilines is 1. The smallest absolute Gasteiger partial charge is 0.255 e. The average Bonchev–Trinajstić information content (AvgIpc) is 2.43. The first kappa shape index (κ1) is 13.6. The number of benzene rings is 2. The van der Waals surface area contributed by atoms with Gasteiger partial charge in [0.15, 0.2) is 0 Å². The van der Waals surface area contributed by atoms with Crippen molar-refractivity contribution >= 4 is 27.5 Å². The van der Waals surface area contributed by atoms with E-state index in [-0.39, 0.29) is 5.91 Å². The van der Waals surface area contributed by atoms with Crippen molar-refractivity contribution in [1.29, 1.82) is 0 Å². The van der Waals surface area contributed by atoms with Gasteiger partial charge in [-0.1, -0.05) is 28.1 Å². The first-order valence-electron chi connectivity index (χ1n) is 5.81. The van der Waals surface area contributed by atoms with E-state index >= 15 is 0 Å². The molecule has 0 spiro atoms. The Kier molecular flexibility index (Phi) is 4.22. The molecular formula is C15H14BrNO2. The minimum atomic E-state index is -0.153. The summed E-state index contributed by atoms with van der Waals surface area (Å²) in [6.45, 7) is 1.95. The van der Waals surface area contributed by atoms with Gasteiger partial charge in [-0.25, -0.2) is 0 Å². The molecule has 1 amide bonds. The Hall–Kier alpha value is -1.81. The second kappa shape index (κ2) is 5.89. The SMILES string of the molecule is COc1cccc(C(=O)Nc2cc(Br)ccc2C)c1. The molecule has 0 saturated carbocycles. The van der Waals surface area contributed by atoms with E-state index in [4.69, 9.17) is 4.74 Å². The summed E-state index contributed by atoms with van der Waals surface area (Å²) >= 11 is 3.39. The van der Waals surface area contributed by atoms with E-state index in [1.165, 1.54) is 0 Å². The predicted octanol–water partition coefficient (Wildman–Crippen LogP) is 4.02. The average molecular weight is 320 g/mol.